The van der Waals surface area contributed by atoms with Crippen molar-refractivity contribution in [3.63, 3.8) is 0 Å². The number of hydrogen-bond acceptors (Lipinski definition) is 3. The van der Waals surface area contributed by atoms with Gasteiger partial charge in [0, 0.05) is 25.0 Å². The molecular weight excluding hydrogens is 232 g/mol. The Labute approximate surface area is 103 Å². The van der Waals surface area contributed by atoms with E-state index in [2.05, 4.69) is 10.3 Å². The molecule has 1 aromatic carbocycles. The summed E-state index contributed by atoms with van der Waals surface area (Å²) in [5.41, 5.74) is 0.599. The van der Waals surface area contributed by atoms with Crippen LogP contribution < -0.4 is 10.7 Å². The number of H-pyrrole nitrogens is 1. The largest absolute Gasteiger partial charge is 0.508 e. The summed E-state index contributed by atoms with van der Waals surface area (Å²) in [4.78, 5) is 25.8. The van der Waals surface area contributed by atoms with Crippen molar-refractivity contribution in [2.45, 2.75) is 6.54 Å². The summed E-state index contributed by atoms with van der Waals surface area (Å²) in [5, 5.41) is 11.8. The van der Waals surface area contributed by atoms with Crippen molar-refractivity contribution in [3.8, 4) is 5.75 Å². The molecule has 1 aromatic heterocycles. The summed E-state index contributed by atoms with van der Waals surface area (Å²) in [6.07, 6.45) is 2.84. The van der Waals surface area contributed by atoms with Gasteiger partial charge in [0.25, 0.3) is 5.91 Å². The molecule has 1 amide bonds. The lowest BCUT2D eigenvalue weighted by atomic mass is 10.2. The molecule has 0 aliphatic heterocycles. The second kappa shape index (κ2) is 5.18. The number of hydrogen-bond donors (Lipinski definition) is 3. The molecule has 0 atom stereocenters. The summed E-state index contributed by atoms with van der Waals surface area (Å²) in [7, 11) is 0. The standard InChI is InChI=1S/C13H12N2O3/c16-10-3-1-9(2-4-10)7-15-13(18)11-8-14-6-5-12(11)17/h1-6,8,16H,7H2,(H,14,17)(H,15,18). The van der Waals surface area contributed by atoms with Crippen molar-refractivity contribution in [1.82, 2.24) is 10.3 Å². The van der Waals surface area contributed by atoms with Crippen LogP contribution in [0.4, 0.5) is 0 Å². The first kappa shape index (κ1) is 11.9. The number of benzene rings is 1. The van der Waals surface area contributed by atoms with E-state index < -0.39 is 5.91 Å². The number of aromatic hydroxyl groups is 1. The number of nitrogens with one attached hydrogen (secondary N) is 2. The second-order valence-corrected chi connectivity index (χ2v) is 3.77. The van der Waals surface area contributed by atoms with Gasteiger partial charge < -0.3 is 15.4 Å². The third-order valence-electron chi connectivity index (χ3n) is 2.46. The molecule has 5 heteroatoms. The van der Waals surface area contributed by atoms with Gasteiger partial charge in [0.05, 0.1) is 0 Å². The Kier molecular flexibility index (Phi) is 3.43. The van der Waals surface area contributed by atoms with E-state index in [-0.39, 0.29) is 16.7 Å². The van der Waals surface area contributed by atoms with Crippen LogP contribution in [0.2, 0.25) is 0 Å². The van der Waals surface area contributed by atoms with E-state index in [0.29, 0.717) is 6.54 Å². The Morgan fingerprint density at radius 2 is 1.94 bits per heavy atom. The molecule has 1 heterocycles. The lowest BCUT2D eigenvalue weighted by molar-refractivity contribution is 0.0949. The molecule has 0 saturated heterocycles. The van der Waals surface area contributed by atoms with Gasteiger partial charge in [-0.05, 0) is 17.7 Å². The van der Waals surface area contributed by atoms with E-state index in [0.717, 1.165) is 5.56 Å². The molecule has 0 bridgehead atoms. The van der Waals surface area contributed by atoms with E-state index in [1.807, 2.05) is 0 Å². The Morgan fingerprint density at radius 1 is 1.22 bits per heavy atom. The molecule has 92 valence electrons. The van der Waals surface area contributed by atoms with E-state index in [4.69, 9.17) is 5.11 Å². The van der Waals surface area contributed by atoms with Gasteiger partial charge in [-0.15, -0.1) is 0 Å². The Morgan fingerprint density at radius 3 is 2.61 bits per heavy atom. The molecule has 2 aromatic rings. The molecule has 0 fully saturated rings. The number of phenols is 1. The lowest BCUT2D eigenvalue weighted by Crippen LogP contribution is -2.27. The fourth-order valence-corrected chi connectivity index (χ4v) is 1.48. The van der Waals surface area contributed by atoms with Crippen LogP contribution in [0.15, 0.2) is 47.5 Å². The molecule has 18 heavy (non-hydrogen) atoms. The van der Waals surface area contributed by atoms with Crippen LogP contribution in [0, 0.1) is 0 Å². The third-order valence-corrected chi connectivity index (χ3v) is 2.46. The number of carbonyl (C=O) groups excluding carboxylic acids is 1. The van der Waals surface area contributed by atoms with Gasteiger partial charge in [0.15, 0.2) is 5.43 Å². The third kappa shape index (κ3) is 2.76. The normalized spacial score (nSPS) is 10.0. The van der Waals surface area contributed by atoms with Crippen molar-refractivity contribution >= 4 is 5.91 Å². The zero-order valence-electron chi connectivity index (χ0n) is 9.51. The second-order valence-electron chi connectivity index (χ2n) is 3.77. The van der Waals surface area contributed by atoms with Gasteiger partial charge >= 0.3 is 0 Å². The number of phenolic OH excluding ortho intramolecular Hbond substituents is 1. The highest BCUT2D eigenvalue weighted by atomic mass is 16.3. The first-order valence-electron chi connectivity index (χ1n) is 5.40. The van der Waals surface area contributed by atoms with Crippen molar-refractivity contribution in [2.75, 3.05) is 0 Å². The average Bonchev–Trinajstić information content (AvgIpc) is 2.38. The Hall–Kier alpha value is -2.56. The first-order chi connectivity index (χ1) is 8.66. The summed E-state index contributed by atoms with van der Waals surface area (Å²) in [5.74, 6) is -0.255. The minimum absolute atomic E-state index is 0.0799. The molecule has 0 saturated carbocycles. The summed E-state index contributed by atoms with van der Waals surface area (Å²) < 4.78 is 0. The fraction of sp³-hybridized carbons (Fsp3) is 0.0769. The predicted octanol–water partition coefficient (Wildman–Crippen LogP) is 1.01. The minimum Gasteiger partial charge on any atom is -0.508 e. The number of aromatic nitrogens is 1. The van der Waals surface area contributed by atoms with Gasteiger partial charge in [-0.3, -0.25) is 9.59 Å². The molecule has 0 aliphatic rings. The molecule has 3 N–H and O–H groups in total. The maximum Gasteiger partial charge on any atom is 0.257 e. The van der Waals surface area contributed by atoms with E-state index in [1.54, 1.807) is 12.1 Å². The summed E-state index contributed by atoms with van der Waals surface area (Å²) >= 11 is 0. The van der Waals surface area contributed by atoms with E-state index in [9.17, 15) is 9.59 Å². The Bertz CT molecular complexity index is 602. The van der Waals surface area contributed by atoms with Crippen LogP contribution >= 0.6 is 0 Å². The zero-order valence-corrected chi connectivity index (χ0v) is 9.51. The van der Waals surface area contributed by atoms with Gasteiger partial charge in [0.2, 0.25) is 0 Å². The van der Waals surface area contributed by atoms with Gasteiger partial charge in [-0.25, -0.2) is 0 Å². The summed E-state index contributed by atoms with van der Waals surface area (Å²) in [6.45, 7) is 0.299. The lowest BCUT2D eigenvalue weighted by Gasteiger charge is -2.04. The molecule has 0 spiro atoms. The van der Waals surface area contributed by atoms with Crippen LogP contribution in [-0.2, 0) is 6.54 Å². The highest BCUT2D eigenvalue weighted by molar-refractivity contribution is 5.93. The van der Waals surface area contributed by atoms with Crippen LogP contribution in [-0.4, -0.2) is 16.0 Å². The maximum absolute atomic E-state index is 11.7. The van der Waals surface area contributed by atoms with Crippen molar-refractivity contribution in [1.29, 1.82) is 0 Å². The molecule has 0 radical (unpaired) electrons. The molecular formula is C13H12N2O3. The number of carbonyl (C=O) groups is 1. The highest BCUT2D eigenvalue weighted by Gasteiger charge is 2.08. The molecule has 5 nitrogen and oxygen atoms in total. The number of rotatable bonds is 3. The zero-order chi connectivity index (χ0) is 13.0. The van der Waals surface area contributed by atoms with E-state index >= 15 is 0 Å². The van der Waals surface area contributed by atoms with Crippen LogP contribution in [0.1, 0.15) is 15.9 Å². The topological polar surface area (TPSA) is 82.2 Å². The number of pyridine rings is 1. The quantitative estimate of drug-likeness (QED) is 0.753. The van der Waals surface area contributed by atoms with E-state index in [1.165, 1.54) is 30.6 Å². The molecule has 0 aliphatic carbocycles. The van der Waals surface area contributed by atoms with Crippen LogP contribution in [0.3, 0.4) is 0 Å². The molecule has 2 rings (SSSR count). The SMILES string of the molecule is O=C(NCc1ccc(O)cc1)c1c[nH]ccc1=O. The summed E-state index contributed by atoms with van der Waals surface area (Å²) in [6, 6.07) is 7.78. The van der Waals surface area contributed by atoms with Crippen molar-refractivity contribution in [3.05, 3.63) is 64.1 Å². The number of amides is 1. The van der Waals surface area contributed by atoms with Crippen molar-refractivity contribution in [2.24, 2.45) is 0 Å². The molecule has 0 unspecified atom stereocenters. The minimum atomic E-state index is -0.426. The van der Waals surface area contributed by atoms with Crippen LogP contribution in [0.25, 0.3) is 0 Å². The monoisotopic (exact) mass is 244 g/mol. The van der Waals surface area contributed by atoms with Gasteiger partial charge in [-0.2, -0.15) is 0 Å². The fourth-order valence-electron chi connectivity index (χ4n) is 1.48. The van der Waals surface area contributed by atoms with Crippen molar-refractivity contribution < 1.29 is 9.90 Å². The van der Waals surface area contributed by atoms with Gasteiger partial charge in [0.1, 0.15) is 11.3 Å². The average molecular weight is 244 g/mol. The number of aromatic amines is 1. The predicted molar refractivity (Wildman–Crippen MR) is 66.3 cm³/mol. The Balaban J connectivity index is 2.03. The maximum atomic E-state index is 11.7. The van der Waals surface area contributed by atoms with Crippen LogP contribution in [0.5, 0.6) is 5.75 Å². The highest BCUT2D eigenvalue weighted by Crippen LogP contribution is 2.09. The van der Waals surface area contributed by atoms with Gasteiger partial charge in [-0.1, -0.05) is 12.1 Å². The smallest absolute Gasteiger partial charge is 0.257 e. The first-order valence-corrected chi connectivity index (χ1v) is 5.40.